The molecular formula is C12H21N3O3. The Kier molecular flexibility index (Phi) is 5.30. The van der Waals surface area contributed by atoms with Crippen molar-refractivity contribution in [2.24, 2.45) is 7.05 Å². The van der Waals surface area contributed by atoms with Gasteiger partial charge in [0.15, 0.2) is 0 Å². The van der Waals surface area contributed by atoms with E-state index >= 15 is 0 Å². The van der Waals surface area contributed by atoms with Crippen LogP contribution in [0, 0.1) is 0 Å². The zero-order chi connectivity index (χ0) is 13.7. The van der Waals surface area contributed by atoms with Gasteiger partial charge in [-0.1, -0.05) is 13.8 Å². The lowest BCUT2D eigenvalue weighted by molar-refractivity contribution is 0.0608. The molecule has 1 rings (SSSR count). The number of rotatable bonds is 6. The summed E-state index contributed by atoms with van der Waals surface area (Å²) in [5, 5.41) is 16.2. The summed E-state index contributed by atoms with van der Waals surface area (Å²) in [6.07, 6.45) is -0.702. The van der Waals surface area contributed by atoms with E-state index in [1.807, 2.05) is 20.9 Å². The molecule has 1 aromatic rings. The fourth-order valence-corrected chi connectivity index (χ4v) is 1.69. The first-order valence-corrected chi connectivity index (χ1v) is 5.94. The highest BCUT2D eigenvalue weighted by molar-refractivity contribution is 5.92. The van der Waals surface area contributed by atoms with Crippen molar-refractivity contribution >= 4 is 5.91 Å². The number of nitrogens with one attached hydrogen (secondary N) is 1. The van der Waals surface area contributed by atoms with Gasteiger partial charge in [-0.05, 0) is 12.0 Å². The number of aryl methyl sites for hydroxylation is 1. The maximum Gasteiger partial charge on any atom is 0.271 e. The van der Waals surface area contributed by atoms with Crippen molar-refractivity contribution in [1.29, 1.82) is 0 Å². The standard InChI is InChI=1S/C12H21N3O3/c1-8(2)11-5-10(14-15(11)3)12(17)13-6-9(16)7-18-4/h5,8-9,16H,6-7H2,1-4H3,(H,13,17). The van der Waals surface area contributed by atoms with Gasteiger partial charge in [-0.25, -0.2) is 0 Å². The van der Waals surface area contributed by atoms with Gasteiger partial charge in [0, 0.05) is 26.4 Å². The molecule has 6 nitrogen and oxygen atoms in total. The van der Waals surface area contributed by atoms with Gasteiger partial charge < -0.3 is 15.2 Å². The van der Waals surface area contributed by atoms with Crippen molar-refractivity contribution < 1.29 is 14.6 Å². The molecule has 1 amide bonds. The van der Waals surface area contributed by atoms with Crippen LogP contribution in [-0.2, 0) is 11.8 Å². The lowest BCUT2D eigenvalue weighted by Gasteiger charge is -2.09. The Hall–Kier alpha value is -1.40. The molecule has 102 valence electrons. The van der Waals surface area contributed by atoms with Gasteiger partial charge in [-0.3, -0.25) is 9.48 Å². The summed E-state index contributed by atoms with van der Waals surface area (Å²) < 4.78 is 6.47. The third-order valence-electron chi connectivity index (χ3n) is 2.60. The molecule has 0 spiro atoms. The van der Waals surface area contributed by atoms with Gasteiger partial charge >= 0.3 is 0 Å². The topological polar surface area (TPSA) is 76.4 Å². The van der Waals surface area contributed by atoms with Crippen LogP contribution < -0.4 is 5.32 Å². The van der Waals surface area contributed by atoms with Crippen LogP contribution in [0.25, 0.3) is 0 Å². The summed E-state index contributed by atoms with van der Waals surface area (Å²) in [6.45, 7) is 4.43. The molecule has 2 N–H and O–H groups in total. The maximum atomic E-state index is 11.8. The summed E-state index contributed by atoms with van der Waals surface area (Å²) >= 11 is 0. The Bertz CT molecular complexity index is 401. The van der Waals surface area contributed by atoms with Gasteiger partial charge in [0.1, 0.15) is 5.69 Å². The summed E-state index contributed by atoms with van der Waals surface area (Å²) in [4.78, 5) is 11.8. The lowest BCUT2D eigenvalue weighted by atomic mass is 10.1. The Labute approximate surface area is 107 Å². The van der Waals surface area contributed by atoms with E-state index in [1.165, 1.54) is 7.11 Å². The van der Waals surface area contributed by atoms with E-state index in [9.17, 15) is 9.90 Å². The second kappa shape index (κ2) is 6.51. The fourth-order valence-electron chi connectivity index (χ4n) is 1.69. The fraction of sp³-hybridized carbons (Fsp3) is 0.667. The zero-order valence-corrected chi connectivity index (χ0v) is 11.3. The van der Waals surface area contributed by atoms with Gasteiger partial charge in [-0.2, -0.15) is 5.10 Å². The van der Waals surface area contributed by atoms with E-state index in [-0.39, 0.29) is 19.1 Å². The molecule has 1 unspecified atom stereocenters. The minimum Gasteiger partial charge on any atom is -0.389 e. The summed E-state index contributed by atoms with van der Waals surface area (Å²) in [6, 6.07) is 1.77. The van der Waals surface area contributed by atoms with Gasteiger partial charge in [0.05, 0.1) is 12.7 Å². The zero-order valence-electron chi connectivity index (χ0n) is 11.3. The molecule has 0 radical (unpaired) electrons. The molecular weight excluding hydrogens is 234 g/mol. The Morgan fingerprint density at radius 3 is 2.78 bits per heavy atom. The number of hydrogen-bond acceptors (Lipinski definition) is 4. The second-order valence-electron chi connectivity index (χ2n) is 4.55. The lowest BCUT2D eigenvalue weighted by Crippen LogP contribution is -2.34. The summed E-state index contributed by atoms with van der Waals surface area (Å²) in [5.41, 5.74) is 1.36. The Morgan fingerprint density at radius 1 is 1.61 bits per heavy atom. The highest BCUT2D eigenvalue weighted by atomic mass is 16.5. The van der Waals surface area contributed by atoms with Crippen molar-refractivity contribution in [3.05, 3.63) is 17.5 Å². The van der Waals surface area contributed by atoms with Gasteiger partial charge in [0.25, 0.3) is 5.91 Å². The molecule has 6 heteroatoms. The van der Waals surface area contributed by atoms with E-state index < -0.39 is 6.10 Å². The minimum atomic E-state index is -0.702. The Morgan fingerprint density at radius 2 is 2.28 bits per heavy atom. The quantitative estimate of drug-likeness (QED) is 0.765. The number of nitrogens with zero attached hydrogens (tertiary/aromatic N) is 2. The van der Waals surface area contributed by atoms with Gasteiger partial charge in [-0.15, -0.1) is 0 Å². The normalized spacial score (nSPS) is 12.8. The van der Waals surface area contributed by atoms with Crippen molar-refractivity contribution in [3.8, 4) is 0 Å². The van der Waals surface area contributed by atoms with E-state index in [0.29, 0.717) is 11.6 Å². The Balaban J connectivity index is 2.59. The van der Waals surface area contributed by atoms with Crippen LogP contribution in [0.3, 0.4) is 0 Å². The monoisotopic (exact) mass is 255 g/mol. The molecule has 0 saturated carbocycles. The molecule has 0 aromatic carbocycles. The SMILES string of the molecule is COCC(O)CNC(=O)c1cc(C(C)C)n(C)n1. The summed E-state index contributed by atoms with van der Waals surface area (Å²) in [5.74, 6) is 0.0239. The van der Waals surface area contributed by atoms with Crippen LogP contribution in [0.5, 0.6) is 0 Å². The van der Waals surface area contributed by atoms with Gasteiger partial charge in [0.2, 0.25) is 0 Å². The van der Waals surface area contributed by atoms with E-state index in [0.717, 1.165) is 5.69 Å². The highest BCUT2D eigenvalue weighted by Crippen LogP contribution is 2.14. The van der Waals surface area contributed by atoms with E-state index in [4.69, 9.17) is 4.74 Å². The van der Waals surface area contributed by atoms with Crippen LogP contribution >= 0.6 is 0 Å². The van der Waals surface area contributed by atoms with Crippen molar-refractivity contribution in [3.63, 3.8) is 0 Å². The molecule has 1 aromatic heterocycles. The van der Waals surface area contributed by atoms with E-state index in [2.05, 4.69) is 10.4 Å². The first-order chi connectivity index (χ1) is 8.45. The number of aliphatic hydroxyl groups excluding tert-OH is 1. The molecule has 0 saturated heterocycles. The summed E-state index contributed by atoms with van der Waals surface area (Å²) in [7, 11) is 3.31. The number of methoxy groups -OCH3 is 1. The smallest absolute Gasteiger partial charge is 0.271 e. The maximum absolute atomic E-state index is 11.8. The molecule has 0 aliphatic carbocycles. The number of carbonyl (C=O) groups is 1. The molecule has 0 aliphatic heterocycles. The highest BCUT2D eigenvalue weighted by Gasteiger charge is 2.15. The van der Waals surface area contributed by atoms with E-state index in [1.54, 1.807) is 10.7 Å². The number of hydrogen-bond donors (Lipinski definition) is 2. The minimum absolute atomic E-state index is 0.153. The number of aromatic nitrogens is 2. The molecule has 0 fully saturated rings. The molecule has 0 bridgehead atoms. The van der Waals surface area contributed by atoms with Crippen LogP contribution in [0.1, 0.15) is 35.9 Å². The van der Waals surface area contributed by atoms with Crippen LogP contribution in [0.2, 0.25) is 0 Å². The predicted octanol–water partition coefficient (Wildman–Crippen LogP) is 0.281. The third kappa shape index (κ3) is 3.82. The molecule has 1 heterocycles. The first-order valence-electron chi connectivity index (χ1n) is 5.94. The van der Waals surface area contributed by atoms with Crippen LogP contribution in [0.4, 0.5) is 0 Å². The third-order valence-corrected chi connectivity index (χ3v) is 2.60. The molecule has 0 aliphatic rings. The van der Waals surface area contributed by atoms with Crippen LogP contribution in [-0.4, -0.2) is 47.2 Å². The molecule has 18 heavy (non-hydrogen) atoms. The van der Waals surface area contributed by atoms with Crippen molar-refractivity contribution in [2.75, 3.05) is 20.3 Å². The van der Waals surface area contributed by atoms with Crippen LogP contribution in [0.15, 0.2) is 6.07 Å². The first kappa shape index (κ1) is 14.7. The molecule has 1 atom stereocenters. The number of ether oxygens (including phenoxy) is 1. The number of aliphatic hydroxyl groups is 1. The average molecular weight is 255 g/mol. The average Bonchev–Trinajstić information content (AvgIpc) is 2.69. The number of amides is 1. The van der Waals surface area contributed by atoms with Crippen molar-refractivity contribution in [2.45, 2.75) is 25.9 Å². The predicted molar refractivity (Wildman–Crippen MR) is 67.5 cm³/mol. The second-order valence-corrected chi connectivity index (χ2v) is 4.55. The number of carbonyl (C=O) groups excluding carboxylic acids is 1. The largest absolute Gasteiger partial charge is 0.389 e. The van der Waals surface area contributed by atoms with Crippen molar-refractivity contribution in [1.82, 2.24) is 15.1 Å².